The first kappa shape index (κ1) is 11.0. The second-order valence-electron chi connectivity index (χ2n) is 2.18. The van der Waals surface area contributed by atoms with Crippen molar-refractivity contribution in [2.24, 2.45) is 0 Å². The first-order valence-electron chi connectivity index (χ1n) is 3.35. The third-order valence-corrected chi connectivity index (χ3v) is 2.59. The summed E-state index contributed by atoms with van der Waals surface area (Å²) in [5.74, 6) is -0.167. The van der Waals surface area contributed by atoms with Gasteiger partial charge in [-0.05, 0) is 34.1 Å². The number of alkyl halides is 1. The summed E-state index contributed by atoms with van der Waals surface area (Å²) in [5, 5.41) is 0. The summed E-state index contributed by atoms with van der Waals surface area (Å²) in [6.45, 7) is 0. The number of ether oxygens (including phenoxy) is 1. The third kappa shape index (κ3) is 3.29. The summed E-state index contributed by atoms with van der Waals surface area (Å²) in [6.07, 6.45) is 0. The lowest BCUT2D eigenvalue weighted by Crippen LogP contribution is -2.09. The van der Waals surface area contributed by atoms with Gasteiger partial charge in [-0.15, -0.1) is 11.6 Å². The fraction of sp³-hybridized carbons (Fsp3) is 0.125. The van der Waals surface area contributed by atoms with Crippen molar-refractivity contribution in [1.82, 2.24) is 0 Å². The molecule has 0 saturated heterocycles. The Balaban J connectivity index is 2.87. The molecule has 1 rings (SSSR count). The van der Waals surface area contributed by atoms with Crippen molar-refractivity contribution in [2.45, 2.75) is 0 Å². The maximum Gasteiger partial charge on any atom is 0.326 e. The largest absolute Gasteiger partial charge is 0.424 e. The summed E-state index contributed by atoms with van der Waals surface area (Å²) in [5.41, 5.74) is 0. The molecule has 0 atom stereocenters. The van der Waals surface area contributed by atoms with Crippen molar-refractivity contribution < 1.29 is 9.53 Å². The van der Waals surface area contributed by atoms with Gasteiger partial charge in [-0.25, -0.2) is 0 Å². The van der Waals surface area contributed by atoms with E-state index in [2.05, 4.69) is 31.9 Å². The Labute approximate surface area is 97.5 Å². The van der Waals surface area contributed by atoms with Crippen LogP contribution in [-0.4, -0.2) is 11.8 Å². The molecule has 0 amide bonds. The monoisotopic (exact) mass is 326 g/mol. The van der Waals surface area contributed by atoms with E-state index < -0.39 is 5.97 Å². The molecule has 0 fully saturated rings. The molecule has 0 radical (unpaired) electrons. The van der Waals surface area contributed by atoms with Crippen molar-refractivity contribution in [3.8, 4) is 5.75 Å². The highest BCUT2D eigenvalue weighted by molar-refractivity contribution is 9.11. The van der Waals surface area contributed by atoms with Crippen molar-refractivity contribution in [3.63, 3.8) is 0 Å². The van der Waals surface area contributed by atoms with Gasteiger partial charge in [-0.2, -0.15) is 0 Å². The lowest BCUT2D eigenvalue weighted by atomic mass is 10.3. The van der Waals surface area contributed by atoms with Gasteiger partial charge in [-0.3, -0.25) is 4.79 Å². The molecule has 0 aromatic heterocycles. The molecule has 2 nitrogen and oxygen atoms in total. The molecule has 5 heteroatoms. The van der Waals surface area contributed by atoms with Gasteiger partial charge in [0.05, 0.1) is 4.47 Å². The Hall–Kier alpha value is -0.0600. The van der Waals surface area contributed by atoms with Crippen molar-refractivity contribution in [3.05, 3.63) is 27.1 Å². The molecule has 0 heterocycles. The minimum absolute atomic E-state index is 0.154. The number of halogens is 3. The number of carbonyl (C=O) groups excluding carboxylic acids is 1. The van der Waals surface area contributed by atoms with E-state index in [1.54, 1.807) is 12.1 Å². The number of carbonyl (C=O) groups is 1. The van der Waals surface area contributed by atoms with E-state index in [0.29, 0.717) is 10.2 Å². The predicted octanol–water partition coefficient (Wildman–Crippen LogP) is 3.36. The van der Waals surface area contributed by atoms with Crippen molar-refractivity contribution in [2.75, 3.05) is 5.88 Å². The summed E-state index contributed by atoms with van der Waals surface area (Å²) in [7, 11) is 0. The van der Waals surface area contributed by atoms with E-state index in [-0.39, 0.29) is 5.88 Å². The lowest BCUT2D eigenvalue weighted by molar-refractivity contribution is -0.131. The second-order valence-corrected chi connectivity index (χ2v) is 4.22. The SMILES string of the molecule is O=C(CCl)Oc1cc(Br)ccc1Br. The van der Waals surface area contributed by atoms with Gasteiger partial charge in [0.15, 0.2) is 0 Å². The zero-order valence-electron chi connectivity index (χ0n) is 6.39. The van der Waals surface area contributed by atoms with Crippen LogP contribution < -0.4 is 4.74 Å². The van der Waals surface area contributed by atoms with Crippen LogP contribution in [0.3, 0.4) is 0 Å². The molecular weight excluding hydrogens is 323 g/mol. The van der Waals surface area contributed by atoms with Crippen LogP contribution in [0.25, 0.3) is 0 Å². The molecule has 70 valence electrons. The van der Waals surface area contributed by atoms with Gasteiger partial charge < -0.3 is 4.74 Å². The molecule has 0 saturated carbocycles. The molecule has 0 bridgehead atoms. The molecule has 0 aliphatic rings. The van der Waals surface area contributed by atoms with E-state index in [4.69, 9.17) is 16.3 Å². The lowest BCUT2D eigenvalue weighted by Gasteiger charge is -2.04. The van der Waals surface area contributed by atoms with Crippen LogP contribution in [0.2, 0.25) is 0 Å². The van der Waals surface area contributed by atoms with Gasteiger partial charge in [0.2, 0.25) is 0 Å². The highest BCUT2D eigenvalue weighted by atomic mass is 79.9. The molecule has 0 aliphatic heterocycles. The van der Waals surface area contributed by atoms with Crippen LogP contribution in [0.15, 0.2) is 27.1 Å². The topological polar surface area (TPSA) is 26.3 Å². The molecule has 1 aromatic rings. The number of hydrogen-bond donors (Lipinski definition) is 0. The zero-order valence-corrected chi connectivity index (χ0v) is 10.3. The van der Waals surface area contributed by atoms with Gasteiger partial charge in [0.1, 0.15) is 11.6 Å². The number of rotatable bonds is 2. The molecule has 1 aromatic carbocycles. The second kappa shape index (κ2) is 4.98. The summed E-state index contributed by atoms with van der Waals surface area (Å²) >= 11 is 11.8. The normalized spacial score (nSPS) is 9.77. The third-order valence-electron chi connectivity index (χ3n) is 1.23. The standard InChI is InChI=1S/C8H5Br2ClO2/c9-5-1-2-6(10)7(3-5)13-8(12)4-11/h1-3H,4H2. The van der Waals surface area contributed by atoms with Gasteiger partial charge in [0.25, 0.3) is 0 Å². The number of hydrogen-bond acceptors (Lipinski definition) is 2. The average Bonchev–Trinajstić information content (AvgIpc) is 2.11. The summed E-state index contributed by atoms with van der Waals surface area (Å²) in [6, 6.07) is 5.30. The van der Waals surface area contributed by atoms with Crippen molar-refractivity contribution >= 4 is 49.4 Å². The Morgan fingerprint density at radius 1 is 1.46 bits per heavy atom. The van der Waals surface area contributed by atoms with Crippen LogP contribution in [0.4, 0.5) is 0 Å². The number of benzene rings is 1. The highest BCUT2D eigenvalue weighted by Crippen LogP contribution is 2.28. The summed E-state index contributed by atoms with van der Waals surface area (Å²) < 4.78 is 6.49. The van der Waals surface area contributed by atoms with E-state index in [0.717, 1.165) is 4.47 Å². The minimum atomic E-state index is -0.472. The maximum atomic E-state index is 10.9. The fourth-order valence-electron chi connectivity index (χ4n) is 0.705. The van der Waals surface area contributed by atoms with E-state index in [1.807, 2.05) is 6.07 Å². The Bertz CT molecular complexity index is 328. The van der Waals surface area contributed by atoms with E-state index in [9.17, 15) is 4.79 Å². The van der Waals surface area contributed by atoms with Gasteiger partial charge >= 0.3 is 5.97 Å². The van der Waals surface area contributed by atoms with Gasteiger partial charge in [-0.1, -0.05) is 15.9 Å². The average molecular weight is 328 g/mol. The highest BCUT2D eigenvalue weighted by Gasteiger charge is 2.06. The van der Waals surface area contributed by atoms with Crippen LogP contribution in [-0.2, 0) is 4.79 Å². The zero-order chi connectivity index (χ0) is 9.84. The summed E-state index contributed by atoms with van der Waals surface area (Å²) in [4.78, 5) is 10.9. The Morgan fingerprint density at radius 2 is 2.15 bits per heavy atom. The van der Waals surface area contributed by atoms with E-state index in [1.165, 1.54) is 0 Å². The smallest absolute Gasteiger partial charge is 0.326 e. The van der Waals surface area contributed by atoms with Crippen LogP contribution in [0.1, 0.15) is 0 Å². The number of esters is 1. The maximum absolute atomic E-state index is 10.9. The quantitative estimate of drug-likeness (QED) is 0.473. The molecule has 0 N–H and O–H groups in total. The van der Waals surface area contributed by atoms with Crippen LogP contribution in [0.5, 0.6) is 5.75 Å². The molecular formula is C8H5Br2ClO2. The molecule has 13 heavy (non-hydrogen) atoms. The first-order valence-corrected chi connectivity index (χ1v) is 5.47. The van der Waals surface area contributed by atoms with Crippen LogP contribution >= 0.6 is 43.5 Å². The van der Waals surface area contributed by atoms with Crippen molar-refractivity contribution in [1.29, 1.82) is 0 Å². The Kier molecular flexibility index (Phi) is 4.22. The minimum Gasteiger partial charge on any atom is -0.424 e. The van der Waals surface area contributed by atoms with Crippen LogP contribution in [0, 0.1) is 0 Å². The fourth-order valence-corrected chi connectivity index (χ4v) is 1.43. The molecule has 0 spiro atoms. The molecule has 0 unspecified atom stereocenters. The van der Waals surface area contributed by atoms with Gasteiger partial charge in [0, 0.05) is 4.47 Å². The van der Waals surface area contributed by atoms with E-state index >= 15 is 0 Å². The molecule has 0 aliphatic carbocycles. The predicted molar refractivity (Wildman–Crippen MR) is 58.2 cm³/mol. The Morgan fingerprint density at radius 3 is 2.77 bits per heavy atom. The first-order chi connectivity index (χ1) is 6.13.